The number of hydrogen-bond acceptors (Lipinski definition) is 5. The summed E-state index contributed by atoms with van der Waals surface area (Å²) in [5.41, 5.74) is 3.58. The molecule has 0 aliphatic heterocycles. The van der Waals surface area contributed by atoms with Crippen molar-refractivity contribution in [2.24, 2.45) is 0 Å². The first kappa shape index (κ1) is 18.1. The van der Waals surface area contributed by atoms with Gasteiger partial charge in [0.05, 0.1) is 0 Å². The van der Waals surface area contributed by atoms with E-state index in [2.05, 4.69) is 26.7 Å². The van der Waals surface area contributed by atoms with Gasteiger partial charge in [-0.05, 0) is 55.3 Å². The Bertz CT molecular complexity index is 978. The van der Waals surface area contributed by atoms with Crippen LogP contribution in [0.1, 0.15) is 40.1 Å². The number of benzene rings is 1. The third-order valence-electron chi connectivity index (χ3n) is 4.18. The fourth-order valence-electron chi connectivity index (χ4n) is 2.59. The molecule has 2 aromatic heterocycles. The molecule has 0 spiro atoms. The lowest BCUT2D eigenvalue weighted by molar-refractivity contribution is 0.102. The zero-order valence-corrected chi connectivity index (χ0v) is 15.1. The zero-order valence-electron chi connectivity index (χ0n) is 15.1. The van der Waals surface area contributed by atoms with E-state index in [-0.39, 0.29) is 11.9 Å². The molecule has 3 rings (SSSR count). The van der Waals surface area contributed by atoms with Crippen molar-refractivity contribution in [3.8, 4) is 6.07 Å². The minimum atomic E-state index is -0.177. The molecule has 2 heterocycles. The topological polar surface area (TPSA) is 90.7 Å². The highest BCUT2D eigenvalue weighted by Gasteiger charge is 2.09. The molecule has 0 bridgehead atoms. The van der Waals surface area contributed by atoms with E-state index >= 15 is 0 Å². The predicted octanol–water partition coefficient (Wildman–Crippen LogP) is 4.08. The van der Waals surface area contributed by atoms with Crippen LogP contribution in [0.2, 0.25) is 0 Å². The van der Waals surface area contributed by atoms with E-state index < -0.39 is 0 Å². The molecule has 3 aromatic rings. The van der Waals surface area contributed by atoms with Gasteiger partial charge in [0.1, 0.15) is 17.6 Å². The quantitative estimate of drug-likeness (QED) is 0.718. The van der Waals surface area contributed by atoms with E-state index in [4.69, 9.17) is 5.26 Å². The molecule has 1 unspecified atom stereocenters. The Labute approximate surface area is 157 Å². The second-order valence-electron chi connectivity index (χ2n) is 6.15. The molecule has 134 valence electrons. The Morgan fingerprint density at radius 3 is 2.44 bits per heavy atom. The molecule has 27 heavy (non-hydrogen) atoms. The van der Waals surface area contributed by atoms with Gasteiger partial charge in [-0.1, -0.05) is 18.2 Å². The van der Waals surface area contributed by atoms with Crippen molar-refractivity contribution in [3.63, 3.8) is 0 Å². The first-order chi connectivity index (χ1) is 13.1. The highest BCUT2D eigenvalue weighted by Crippen LogP contribution is 2.21. The summed E-state index contributed by atoms with van der Waals surface area (Å²) in [6.45, 7) is 3.87. The molecule has 0 aliphatic rings. The average molecular weight is 357 g/mol. The largest absolute Gasteiger partial charge is 0.364 e. The Kier molecular flexibility index (Phi) is 5.43. The Morgan fingerprint density at radius 1 is 1.07 bits per heavy atom. The third kappa shape index (κ3) is 4.47. The summed E-state index contributed by atoms with van der Waals surface area (Å²) in [5, 5.41) is 15.3. The maximum atomic E-state index is 12.2. The second kappa shape index (κ2) is 8.11. The summed E-state index contributed by atoms with van der Waals surface area (Å²) in [7, 11) is 0. The Morgan fingerprint density at radius 2 is 1.78 bits per heavy atom. The lowest BCUT2D eigenvalue weighted by Gasteiger charge is -2.16. The zero-order chi connectivity index (χ0) is 19.2. The van der Waals surface area contributed by atoms with Crippen LogP contribution in [0.15, 0.2) is 60.9 Å². The maximum absolute atomic E-state index is 12.2. The fraction of sp³-hybridized carbons (Fsp3) is 0.143. The molecule has 1 atom stereocenters. The number of carbonyl (C=O) groups excluding carboxylic acids is 1. The van der Waals surface area contributed by atoms with Crippen molar-refractivity contribution in [2.45, 2.75) is 19.9 Å². The first-order valence-electron chi connectivity index (χ1n) is 8.52. The number of anilines is 2. The summed E-state index contributed by atoms with van der Waals surface area (Å²) >= 11 is 0. The number of nitriles is 1. The third-order valence-corrected chi connectivity index (χ3v) is 4.18. The van der Waals surface area contributed by atoms with E-state index in [1.807, 2.05) is 50.2 Å². The molecule has 0 saturated heterocycles. The monoisotopic (exact) mass is 357 g/mol. The summed E-state index contributed by atoms with van der Waals surface area (Å²) in [6.07, 6.45) is 3.17. The second-order valence-corrected chi connectivity index (χ2v) is 6.15. The van der Waals surface area contributed by atoms with E-state index in [0.29, 0.717) is 22.8 Å². The number of pyridine rings is 2. The SMILES string of the molecule is Cc1ccc(NC(C)c2ccc(NC(=O)c3ccncc3)cc2)nc1C#N. The van der Waals surface area contributed by atoms with E-state index in [9.17, 15) is 4.79 Å². The first-order valence-corrected chi connectivity index (χ1v) is 8.52. The molecular formula is C21H19N5O. The number of rotatable bonds is 5. The lowest BCUT2D eigenvalue weighted by atomic mass is 10.1. The van der Waals surface area contributed by atoms with E-state index in [1.54, 1.807) is 24.5 Å². The summed E-state index contributed by atoms with van der Waals surface area (Å²) < 4.78 is 0. The van der Waals surface area contributed by atoms with Gasteiger partial charge in [0.2, 0.25) is 0 Å². The highest BCUT2D eigenvalue weighted by atomic mass is 16.1. The van der Waals surface area contributed by atoms with Gasteiger partial charge in [-0.3, -0.25) is 9.78 Å². The van der Waals surface area contributed by atoms with Gasteiger partial charge in [-0.2, -0.15) is 5.26 Å². The van der Waals surface area contributed by atoms with Gasteiger partial charge in [-0.25, -0.2) is 4.98 Å². The molecule has 0 fully saturated rings. The van der Waals surface area contributed by atoms with Crippen molar-refractivity contribution < 1.29 is 4.79 Å². The normalized spacial score (nSPS) is 11.3. The smallest absolute Gasteiger partial charge is 0.255 e. The Balaban J connectivity index is 1.66. The Hall–Kier alpha value is -3.72. The van der Waals surface area contributed by atoms with Gasteiger partial charge in [-0.15, -0.1) is 0 Å². The molecular weight excluding hydrogens is 338 g/mol. The van der Waals surface area contributed by atoms with Crippen LogP contribution in [0, 0.1) is 18.3 Å². The summed E-state index contributed by atoms with van der Waals surface area (Å²) in [4.78, 5) is 20.4. The van der Waals surface area contributed by atoms with Crippen molar-refractivity contribution in [1.29, 1.82) is 5.26 Å². The van der Waals surface area contributed by atoms with Crippen molar-refractivity contribution in [2.75, 3.05) is 10.6 Å². The van der Waals surface area contributed by atoms with E-state index in [0.717, 1.165) is 11.1 Å². The fourth-order valence-corrected chi connectivity index (χ4v) is 2.59. The number of nitrogens with one attached hydrogen (secondary N) is 2. The average Bonchev–Trinajstić information content (AvgIpc) is 2.70. The van der Waals surface area contributed by atoms with Crippen LogP contribution in [-0.2, 0) is 0 Å². The summed E-state index contributed by atoms with van der Waals surface area (Å²) in [6, 6.07) is 16.8. The molecule has 0 saturated carbocycles. The van der Waals surface area contributed by atoms with Gasteiger partial charge in [0, 0.05) is 29.7 Å². The van der Waals surface area contributed by atoms with Gasteiger partial charge in [0.25, 0.3) is 5.91 Å². The van der Waals surface area contributed by atoms with Gasteiger partial charge < -0.3 is 10.6 Å². The molecule has 0 radical (unpaired) electrons. The van der Waals surface area contributed by atoms with Crippen LogP contribution in [0.4, 0.5) is 11.5 Å². The van der Waals surface area contributed by atoms with Crippen LogP contribution < -0.4 is 10.6 Å². The number of nitrogens with zero attached hydrogens (tertiary/aromatic N) is 3. The molecule has 1 amide bonds. The molecule has 6 heteroatoms. The lowest BCUT2D eigenvalue weighted by Crippen LogP contribution is -2.12. The molecule has 1 aromatic carbocycles. The molecule has 2 N–H and O–H groups in total. The summed E-state index contributed by atoms with van der Waals surface area (Å²) in [5.74, 6) is 0.476. The van der Waals surface area contributed by atoms with Crippen LogP contribution in [-0.4, -0.2) is 15.9 Å². The van der Waals surface area contributed by atoms with Crippen molar-refractivity contribution in [1.82, 2.24) is 9.97 Å². The number of hydrogen-bond donors (Lipinski definition) is 2. The number of aromatic nitrogens is 2. The van der Waals surface area contributed by atoms with Crippen molar-refractivity contribution in [3.05, 3.63) is 83.3 Å². The minimum absolute atomic E-state index is 0.00306. The highest BCUT2D eigenvalue weighted by molar-refractivity contribution is 6.04. The number of amides is 1. The molecule has 0 aliphatic carbocycles. The maximum Gasteiger partial charge on any atom is 0.255 e. The predicted molar refractivity (Wildman–Crippen MR) is 104 cm³/mol. The van der Waals surface area contributed by atoms with Crippen molar-refractivity contribution >= 4 is 17.4 Å². The van der Waals surface area contributed by atoms with E-state index in [1.165, 1.54) is 0 Å². The van der Waals surface area contributed by atoms with Crippen LogP contribution in [0.3, 0.4) is 0 Å². The number of carbonyl (C=O) groups is 1. The standard InChI is InChI=1S/C21H19N5O/c1-14-3-8-20(26-19(14)13-22)24-15(2)16-4-6-18(7-5-16)25-21(27)17-9-11-23-12-10-17/h3-12,15H,1-2H3,(H,24,26)(H,25,27). The van der Waals surface area contributed by atoms with Gasteiger partial charge >= 0.3 is 0 Å². The van der Waals surface area contributed by atoms with Crippen LogP contribution in [0.5, 0.6) is 0 Å². The molecule has 6 nitrogen and oxygen atoms in total. The van der Waals surface area contributed by atoms with Crippen LogP contribution >= 0.6 is 0 Å². The van der Waals surface area contributed by atoms with Gasteiger partial charge in [0.15, 0.2) is 0 Å². The minimum Gasteiger partial charge on any atom is -0.364 e. The van der Waals surface area contributed by atoms with Crippen LogP contribution in [0.25, 0.3) is 0 Å². The number of aryl methyl sites for hydroxylation is 1.